The zero-order valence-corrected chi connectivity index (χ0v) is 13.8. The molecule has 0 fully saturated rings. The van der Waals surface area contributed by atoms with Gasteiger partial charge in [0.15, 0.2) is 0 Å². The van der Waals surface area contributed by atoms with E-state index in [1.165, 1.54) is 5.69 Å². The van der Waals surface area contributed by atoms with Gasteiger partial charge in [-0.3, -0.25) is 4.79 Å². The van der Waals surface area contributed by atoms with Gasteiger partial charge in [0.25, 0.3) is 5.56 Å². The zero-order chi connectivity index (χ0) is 16.4. The summed E-state index contributed by atoms with van der Waals surface area (Å²) in [5.74, 6) is 0.622. The van der Waals surface area contributed by atoms with Gasteiger partial charge in [0, 0.05) is 24.3 Å². The Kier molecular flexibility index (Phi) is 4.15. The first-order valence-corrected chi connectivity index (χ1v) is 7.99. The summed E-state index contributed by atoms with van der Waals surface area (Å²) in [6.45, 7) is 8.29. The van der Waals surface area contributed by atoms with Gasteiger partial charge in [-0.2, -0.15) is 0 Å². The van der Waals surface area contributed by atoms with Crippen LogP contribution < -0.4 is 10.5 Å². The van der Waals surface area contributed by atoms with Crippen molar-refractivity contribution in [2.75, 3.05) is 18.0 Å². The van der Waals surface area contributed by atoms with E-state index in [1.807, 2.05) is 24.3 Å². The molecular formula is C19H21N3O. The number of aromatic amines is 1. The van der Waals surface area contributed by atoms with Crippen LogP contribution in [0.5, 0.6) is 0 Å². The Morgan fingerprint density at radius 1 is 1.09 bits per heavy atom. The normalized spacial score (nSPS) is 10.9. The van der Waals surface area contributed by atoms with Gasteiger partial charge in [-0.25, -0.2) is 4.98 Å². The van der Waals surface area contributed by atoms with Crippen LogP contribution in [0.4, 0.5) is 5.69 Å². The molecule has 0 aliphatic carbocycles. The van der Waals surface area contributed by atoms with Crippen molar-refractivity contribution in [1.82, 2.24) is 9.97 Å². The van der Waals surface area contributed by atoms with E-state index in [0.29, 0.717) is 11.2 Å². The van der Waals surface area contributed by atoms with Crippen molar-refractivity contribution in [1.29, 1.82) is 0 Å². The number of rotatable bonds is 4. The number of aromatic nitrogens is 2. The van der Waals surface area contributed by atoms with Gasteiger partial charge >= 0.3 is 0 Å². The molecule has 0 radical (unpaired) electrons. The molecule has 4 heteroatoms. The monoisotopic (exact) mass is 307 g/mol. The number of nitrogens with one attached hydrogen (secondary N) is 1. The van der Waals surface area contributed by atoms with Crippen molar-refractivity contribution < 1.29 is 0 Å². The molecule has 0 saturated carbocycles. The molecule has 0 saturated heterocycles. The van der Waals surface area contributed by atoms with Crippen molar-refractivity contribution in [2.45, 2.75) is 20.8 Å². The van der Waals surface area contributed by atoms with Crippen LogP contribution in [0.1, 0.15) is 19.4 Å². The number of hydrogen-bond donors (Lipinski definition) is 1. The standard InChI is InChI=1S/C19H21N3O/c1-4-22(5-2)14-10-11-15(13(3)12-14)18-20-17-9-7-6-8-16(17)19(23)21-18/h6-12H,4-5H2,1-3H3,(H,20,21,23). The van der Waals surface area contributed by atoms with E-state index in [9.17, 15) is 4.79 Å². The molecule has 118 valence electrons. The summed E-state index contributed by atoms with van der Waals surface area (Å²) >= 11 is 0. The fourth-order valence-electron chi connectivity index (χ4n) is 2.91. The second kappa shape index (κ2) is 6.24. The van der Waals surface area contributed by atoms with Gasteiger partial charge in [0.1, 0.15) is 5.82 Å². The van der Waals surface area contributed by atoms with Crippen molar-refractivity contribution in [3.05, 3.63) is 58.4 Å². The zero-order valence-electron chi connectivity index (χ0n) is 13.8. The smallest absolute Gasteiger partial charge is 0.259 e. The summed E-state index contributed by atoms with van der Waals surface area (Å²) in [5, 5.41) is 0.619. The van der Waals surface area contributed by atoms with Gasteiger partial charge in [-0.1, -0.05) is 12.1 Å². The van der Waals surface area contributed by atoms with Gasteiger partial charge in [-0.05, 0) is 56.7 Å². The van der Waals surface area contributed by atoms with Crippen LogP contribution in [0, 0.1) is 6.92 Å². The van der Waals surface area contributed by atoms with Gasteiger partial charge in [0.2, 0.25) is 0 Å². The number of fused-ring (bicyclic) bond motifs is 1. The molecule has 4 nitrogen and oxygen atoms in total. The summed E-state index contributed by atoms with van der Waals surface area (Å²) in [4.78, 5) is 22.1. The van der Waals surface area contributed by atoms with Crippen LogP contribution in [0.25, 0.3) is 22.3 Å². The Hall–Kier alpha value is -2.62. The lowest BCUT2D eigenvalue weighted by atomic mass is 10.1. The number of aryl methyl sites for hydroxylation is 1. The first-order chi connectivity index (χ1) is 11.1. The SMILES string of the molecule is CCN(CC)c1ccc(-c2nc3ccccc3c(=O)[nH]2)c(C)c1. The highest BCUT2D eigenvalue weighted by Crippen LogP contribution is 2.25. The minimum Gasteiger partial charge on any atom is -0.372 e. The minimum absolute atomic E-state index is 0.0992. The quantitative estimate of drug-likeness (QED) is 0.798. The lowest BCUT2D eigenvalue weighted by Gasteiger charge is -2.22. The molecule has 3 rings (SSSR count). The van der Waals surface area contributed by atoms with Crippen LogP contribution in [0.15, 0.2) is 47.3 Å². The summed E-state index contributed by atoms with van der Waals surface area (Å²) in [5.41, 5.74) is 3.88. The van der Waals surface area contributed by atoms with E-state index >= 15 is 0 Å². The van der Waals surface area contributed by atoms with Crippen LogP contribution in [-0.4, -0.2) is 23.1 Å². The molecule has 0 unspecified atom stereocenters. The Balaban J connectivity index is 2.10. The molecule has 23 heavy (non-hydrogen) atoms. The third-order valence-corrected chi connectivity index (χ3v) is 4.21. The molecule has 0 bridgehead atoms. The Labute approximate surface area is 135 Å². The Morgan fingerprint density at radius 2 is 1.83 bits per heavy atom. The molecular weight excluding hydrogens is 286 g/mol. The first-order valence-electron chi connectivity index (χ1n) is 7.99. The topological polar surface area (TPSA) is 49.0 Å². The molecule has 2 aromatic carbocycles. The average Bonchev–Trinajstić information content (AvgIpc) is 2.56. The maximum absolute atomic E-state index is 12.2. The Bertz CT molecular complexity index is 895. The summed E-state index contributed by atoms with van der Waals surface area (Å²) in [6.07, 6.45) is 0. The number of H-pyrrole nitrogens is 1. The van der Waals surface area contributed by atoms with Gasteiger partial charge < -0.3 is 9.88 Å². The number of nitrogens with zero attached hydrogens (tertiary/aromatic N) is 2. The highest BCUT2D eigenvalue weighted by molar-refractivity contribution is 5.79. The number of para-hydroxylation sites is 1. The molecule has 1 heterocycles. The van der Waals surface area contributed by atoms with Crippen LogP contribution in [0.2, 0.25) is 0 Å². The van der Waals surface area contributed by atoms with Crippen LogP contribution in [-0.2, 0) is 0 Å². The first kappa shape index (κ1) is 15.3. The van der Waals surface area contributed by atoms with Gasteiger partial charge in [0.05, 0.1) is 10.9 Å². The minimum atomic E-state index is -0.0992. The van der Waals surface area contributed by atoms with E-state index in [1.54, 1.807) is 6.07 Å². The van der Waals surface area contributed by atoms with Crippen molar-refractivity contribution in [3.63, 3.8) is 0 Å². The number of anilines is 1. The predicted octanol–water partition coefficient (Wildman–Crippen LogP) is 3.74. The van der Waals surface area contributed by atoms with Crippen LogP contribution >= 0.6 is 0 Å². The Morgan fingerprint density at radius 3 is 2.52 bits per heavy atom. The predicted molar refractivity (Wildman–Crippen MR) is 96.1 cm³/mol. The molecule has 0 spiro atoms. The highest BCUT2D eigenvalue weighted by Gasteiger charge is 2.10. The summed E-state index contributed by atoms with van der Waals surface area (Å²) < 4.78 is 0. The lowest BCUT2D eigenvalue weighted by Crippen LogP contribution is -2.21. The largest absolute Gasteiger partial charge is 0.372 e. The highest BCUT2D eigenvalue weighted by atomic mass is 16.1. The van der Waals surface area contributed by atoms with Crippen molar-refractivity contribution >= 4 is 16.6 Å². The second-order valence-corrected chi connectivity index (χ2v) is 5.60. The number of hydrogen-bond acceptors (Lipinski definition) is 3. The molecule has 0 aliphatic rings. The second-order valence-electron chi connectivity index (χ2n) is 5.60. The fourth-order valence-corrected chi connectivity index (χ4v) is 2.91. The molecule has 1 aromatic heterocycles. The third-order valence-electron chi connectivity index (χ3n) is 4.21. The van der Waals surface area contributed by atoms with Gasteiger partial charge in [-0.15, -0.1) is 0 Å². The lowest BCUT2D eigenvalue weighted by molar-refractivity contribution is 0.865. The summed E-state index contributed by atoms with van der Waals surface area (Å²) in [7, 11) is 0. The maximum atomic E-state index is 12.2. The van der Waals surface area contributed by atoms with Crippen molar-refractivity contribution in [2.24, 2.45) is 0 Å². The average molecular weight is 307 g/mol. The van der Waals surface area contributed by atoms with Crippen LogP contribution in [0.3, 0.4) is 0 Å². The number of benzene rings is 2. The van der Waals surface area contributed by atoms with E-state index in [2.05, 4.69) is 47.8 Å². The molecule has 1 N–H and O–H groups in total. The summed E-state index contributed by atoms with van der Waals surface area (Å²) in [6, 6.07) is 13.7. The van der Waals surface area contributed by atoms with E-state index < -0.39 is 0 Å². The fraction of sp³-hybridized carbons (Fsp3) is 0.263. The maximum Gasteiger partial charge on any atom is 0.259 e. The van der Waals surface area contributed by atoms with E-state index in [-0.39, 0.29) is 5.56 Å². The molecule has 3 aromatic rings. The van der Waals surface area contributed by atoms with E-state index in [0.717, 1.165) is 29.7 Å². The van der Waals surface area contributed by atoms with E-state index in [4.69, 9.17) is 0 Å². The third kappa shape index (κ3) is 2.84. The van der Waals surface area contributed by atoms with Crippen molar-refractivity contribution in [3.8, 4) is 11.4 Å². The molecule has 0 aliphatic heterocycles. The molecule has 0 atom stereocenters. The molecule has 0 amide bonds.